The van der Waals surface area contributed by atoms with Crippen LogP contribution in [0.25, 0.3) is 0 Å². The highest BCUT2D eigenvalue weighted by Crippen LogP contribution is 2.27. The first-order valence-corrected chi connectivity index (χ1v) is 8.38. The third-order valence-electron chi connectivity index (χ3n) is 4.11. The maximum absolute atomic E-state index is 6.27. The van der Waals surface area contributed by atoms with Crippen molar-refractivity contribution in [1.29, 1.82) is 0 Å². The fraction of sp³-hybridized carbons (Fsp3) is 0.444. The molecule has 1 fully saturated rings. The number of hydroxylamine groups is 1. The Bertz CT molecular complexity index is 644. The Morgan fingerprint density at radius 1 is 1.42 bits per heavy atom. The fourth-order valence-corrected chi connectivity index (χ4v) is 3.00. The van der Waals surface area contributed by atoms with Gasteiger partial charge in [0.05, 0.1) is 5.69 Å². The zero-order valence-electron chi connectivity index (χ0n) is 14.7. The number of benzene rings is 1. The molecular weight excluding hydrogens is 304 g/mol. The first kappa shape index (κ1) is 16.7. The molecule has 1 aromatic rings. The highest BCUT2D eigenvalue weighted by Gasteiger charge is 2.22. The topological polar surface area (TPSA) is 49.0 Å². The molecule has 2 heterocycles. The lowest BCUT2D eigenvalue weighted by Gasteiger charge is -2.28. The summed E-state index contributed by atoms with van der Waals surface area (Å²) in [5.41, 5.74) is 6.49. The summed E-state index contributed by atoms with van der Waals surface area (Å²) < 4.78 is 6.27. The Balaban J connectivity index is 1.77. The molecule has 0 aromatic heterocycles. The van der Waals surface area contributed by atoms with Gasteiger partial charge in [-0.2, -0.15) is 0 Å². The van der Waals surface area contributed by atoms with E-state index >= 15 is 0 Å². The molecule has 130 valence electrons. The normalized spacial score (nSPS) is 21.9. The standard InChI is InChI=1S/C18H26N4O2/c1-5-18(15-9-13(2)20-21(4)11-15)24-17-8-6-7-16(10-17)22-14(3)19-12-23-22/h6-11,14,18-20H,5,12H2,1-4H3. The average Bonchev–Trinajstić information content (AvgIpc) is 2.98. The van der Waals surface area contributed by atoms with Crippen LogP contribution in [-0.4, -0.2) is 31.1 Å². The molecule has 0 radical (unpaired) electrons. The maximum Gasteiger partial charge on any atom is 0.127 e. The van der Waals surface area contributed by atoms with Gasteiger partial charge in [-0.15, -0.1) is 0 Å². The smallest absolute Gasteiger partial charge is 0.127 e. The number of rotatable bonds is 5. The summed E-state index contributed by atoms with van der Waals surface area (Å²) in [7, 11) is 1.99. The monoisotopic (exact) mass is 330 g/mol. The van der Waals surface area contributed by atoms with Gasteiger partial charge in [-0.05, 0) is 38.5 Å². The summed E-state index contributed by atoms with van der Waals surface area (Å²) in [6.07, 6.45) is 5.25. The van der Waals surface area contributed by atoms with Crippen LogP contribution >= 0.6 is 0 Å². The molecule has 24 heavy (non-hydrogen) atoms. The second-order valence-corrected chi connectivity index (χ2v) is 6.17. The summed E-state index contributed by atoms with van der Waals surface area (Å²) in [6, 6.07) is 8.03. The minimum absolute atomic E-state index is 0.00907. The van der Waals surface area contributed by atoms with Crippen LogP contribution in [0.2, 0.25) is 0 Å². The Labute approximate surface area is 143 Å². The van der Waals surface area contributed by atoms with Crippen molar-refractivity contribution in [3.05, 3.63) is 47.8 Å². The second-order valence-electron chi connectivity index (χ2n) is 6.17. The van der Waals surface area contributed by atoms with Crippen LogP contribution in [-0.2, 0) is 4.84 Å². The van der Waals surface area contributed by atoms with Gasteiger partial charge in [0.25, 0.3) is 0 Å². The summed E-state index contributed by atoms with van der Waals surface area (Å²) >= 11 is 0. The first-order chi connectivity index (χ1) is 11.6. The summed E-state index contributed by atoms with van der Waals surface area (Å²) in [5, 5.41) is 7.06. The molecule has 6 heteroatoms. The van der Waals surface area contributed by atoms with Gasteiger partial charge in [0.2, 0.25) is 0 Å². The third-order valence-corrected chi connectivity index (χ3v) is 4.11. The fourth-order valence-electron chi connectivity index (χ4n) is 3.00. The molecule has 3 rings (SSSR count). The second kappa shape index (κ2) is 7.15. The van der Waals surface area contributed by atoms with E-state index in [1.165, 1.54) is 0 Å². The Morgan fingerprint density at radius 3 is 2.92 bits per heavy atom. The molecule has 1 aromatic carbocycles. The van der Waals surface area contributed by atoms with Gasteiger partial charge in [-0.25, -0.2) is 5.06 Å². The number of anilines is 1. The number of ether oxygens (including phenoxy) is 1. The van der Waals surface area contributed by atoms with Gasteiger partial charge in [0.15, 0.2) is 0 Å². The summed E-state index contributed by atoms with van der Waals surface area (Å²) in [5.74, 6) is 0.843. The number of nitrogens with one attached hydrogen (secondary N) is 2. The largest absolute Gasteiger partial charge is 0.486 e. The van der Waals surface area contributed by atoms with E-state index < -0.39 is 0 Å². The van der Waals surface area contributed by atoms with Gasteiger partial charge in [-0.1, -0.05) is 13.0 Å². The van der Waals surface area contributed by atoms with Crippen LogP contribution in [0, 0.1) is 0 Å². The SMILES string of the molecule is CCC(Oc1cccc(N2OCNC2C)c1)C1=CN(C)NC(C)=C1. The van der Waals surface area contributed by atoms with Gasteiger partial charge in [0.1, 0.15) is 24.8 Å². The molecular formula is C18H26N4O2. The van der Waals surface area contributed by atoms with Crippen molar-refractivity contribution in [3.63, 3.8) is 0 Å². The van der Waals surface area contributed by atoms with E-state index in [-0.39, 0.29) is 12.3 Å². The van der Waals surface area contributed by atoms with Crippen molar-refractivity contribution in [3.8, 4) is 5.75 Å². The van der Waals surface area contributed by atoms with Crippen LogP contribution in [0.15, 0.2) is 47.8 Å². The minimum Gasteiger partial charge on any atom is -0.486 e. The molecule has 1 saturated heterocycles. The molecule has 6 nitrogen and oxygen atoms in total. The van der Waals surface area contributed by atoms with Gasteiger partial charge in [0, 0.05) is 30.6 Å². The highest BCUT2D eigenvalue weighted by molar-refractivity contribution is 5.50. The lowest BCUT2D eigenvalue weighted by Crippen LogP contribution is -2.33. The number of hydrogen-bond acceptors (Lipinski definition) is 6. The zero-order chi connectivity index (χ0) is 17.1. The maximum atomic E-state index is 6.27. The number of nitrogens with zero attached hydrogens (tertiary/aromatic N) is 2. The van der Waals surface area contributed by atoms with Crippen LogP contribution in [0.1, 0.15) is 27.2 Å². The van der Waals surface area contributed by atoms with Crippen molar-refractivity contribution in [2.45, 2.75) is 39.5 Å². The van der Waals surface area contributed by atoms with E-state index in [1.54, 1.807) is 0 Å². The average molecular weight is 330 g/mol. The van der Waals surface area contributed by atoms with E-state index in [2.05, 4.69) is 43.8 Å². The van der Waals surface area contributed by atoms with Crippen molar-refractivity contribution in [1.82, 2.24) is 15.8 Å². The predicted octanol–water partition coefficient (Wildman–Crippen LogP) is 2.73. The van der Waals surface area contributed by atoms with Gasteiger partial charge >= 0.3 is 0 Å². The van der Waals surface area contributed by atoms with Gasteiger partial charge in [-0.3, -0.25) is 15.2 Å². The third kappa shape index (κ3) is 3.66. The van der Waals surface area contributed by atoms with E-state index in [9.17, 15) is 0 Å². The van der Waals surface area contributed by atoms with Crippen molar-refractivity contribution in [2.75, 3.05) is 18.8 Å². The molecule has 0 spiro atoms. The molecule has 2 N–H and O–H groups in total. The number of hydrazine groups is 1. The van der Waals surface area contributed by atoms with Crippen LogP contribution < -0.4 is 20.5 Å². The summed E-state index contributed by atoms with van der Waals surface area (Å²) in [6.45, 7) is 6.78. The molecule has 2 aliphatic rings. The van der Waals surface area contributed by atoms with Gasteiger partial charge < -0.3 is 10.2 Å². The molecule has 2 aliphatic heterocycles. The molecule has 0 saturated carbocycles. The Kier molecular flexibility index (Phi) is 4.97. The molecule has 2 atom stereocenters. The molecule has 0 amide bonds. The molecule has 2 unspecified atom stereocenters. The quantitative estimate of drug-likeness (QED) is 0.866. The van der Waals surface area contributed by atoms with E-state index in [4.69, 9.17) is 9.57 Å². The highest BCUT2D eigenvalue weighted by atomic mass is 16.7. The predicted molar refractivity (Wildman–Crippen MR) is 94.9 cm³/mol. The van der Waals surface area contributed by atoms with Crippen molar-refractivity contribution >= 4 is 5.69 Å². The lowest BCUT2D eigenvalue weighted by atomic mass is 10.1. The lowest BCUT2D eigenvalue weighted by molar-refractivity contribution is 0.157. The van der Waals surface area contributed by atoms with Crippen molar-refractivity contribution < 1.29 is 9.57 Å². The molecule has 0 bridgehead atoms. The number of allylic oxidation sites excluding steroid dienone is 1. The van der Waals surface area contributed by atoms with Crippen LogP contribution in [0.5, 0.6) is 5.75 Å². The first-order valence-electron chi connectivity index (χ1n) is 8.38. The van der Waals surface area contributed by atoms with E-state index in [0.717, 1.165) is 29.1 Å². The zero-order valence-corrected chi connectivity index (χ0v) is 14.7. The Morgan fingerprint density at radius 2 is 2.25 bits per heavy atom. The minimum atomic E-state index is 0.00907. The van der Waals surface area contributed by atoms with Crippen LogP contribution in [0.3, 0.4) is 0 Å². The number of hydrogen-bond donors (Lipinski definition) is 2. The molecule has 0 aliphatic carbocycles. The van der Waals surface area contributed by atoms with Crippen molar-refractivity contribution in [2.24, 2.45) is 0 Å². The van der Waals surface area contributed by atoms with Crippen LogP contribution in [0.4, 0.5) is 5.69 Å². The van der Waals surface area contributed by atoms with E-state index in [1.807, 2.05) is 41.4 Å². The Hall–Kier alpha value is -2.18. The summed E-state index contributed by atoms with van der Waals surface area (Å²) in [4.78, 5) is 5.61. The van der Waals surface area contributed by atoms with E-state index in [0.29, 0.717) is 6.73 Å².